The summed E-state index contributed by atoms with van der Waals surface area (Å²) in [5.41, 5.74) is 0.706. The first-order chi connectivity index (χ1) is 6.35. The summed E-state index contributed by atoms with van der Waals surface area (Å²) in [4.78, 5) is 8.89. The summed E-state index contributed by atoms with van der Waals surface area (Å²) in [6, 6.07) is 0. The molecule has 3 aliphatic rings. The molecule has 3 unspecified atom stereocenters. The Labute approximate surface area is 86.7 Å². The van der Waals surface area contributed by atoms with Crippen LogP contribution in [-0.2, 0) is 4.79 Å². The molecule has 2 nitrogen and oxygen atoms in total. The van der Waals surface area contributed by atoms with E-state index in [1.807, 2.05) is 0 Å². The molecule has 0 aromatic carbocycles. The van der Waals surface area contributed by atoms with E-state index < -0.39 is 5.97 Å². The van der Waals surface area contributed by atoms with Gasteiger partial charge in [-0.3, -0.25) is 0 Å². The molecule has 0 radical (unpaired) electrons. The molecule has 14 heavy (non-hydrogen) atoms. The quantitative estimate of drug-likeness (QED) is 0.594. The summed E-state index contributed by atoms with van der Waals surface area (Å²) >= 11 is 0. The number of carbonyl (C=O) groups excluding carboxylic acids is 1. The topological polar surface area (TPSA) is 40.1 Å². The second-order valence-electron chi connectivity index (χ2n) is 5.41. The number of hydrogen-bond acceptors (Lipinski definition) is 2. The largest absolute Gasteiger partial charge is 0.550 e. The predicted molar refractivity (Wildman–Crippen MR) is 54.5 cm³/mol. The summed E-state index contributed by atoms with van der Waals surface area (Å²) in [6.07, 6.45) is 4.54. The van der Waals surface area contributed by atoms with Crippen molar-refractivity contribution >= 4 is 5.97 Å². The molecule has 3 aliphatic carbocycles. The van der Waals surface area contributed by atoms with E-state index in [4.69, 9.17) is 9.90 Å². The lowest BCUT2D eigenvalue weighted by Crippen LogP contribution is -2.51. The molecule has 82 valence electrons. The van der Waals surface area contributed by atoms with Crippen molar-refractivity contribution in [2.75, 3.05) is 0 Å². The highest BCUT2D eigenvalue weighted by Crippen LogP contribution is 2.61. The van der Waals surface area contributed by atoms with Crippen molar-refractivity contribution in [3.63, 3.8) is 0 Å². The van der Waals surface area contributed by atoms with E-state index in [0.717, 1.165) is 24.7 Å². The van der Waals surface area contributed by atoms with Crippen LogP contribution in [0.5, 0.6) is 0 Å². The van der Waals surface area contributed by atoms with Crippen LogP contribution >= 0.6 is 0 Å². The van der Waals surface area contributed by atoms with Gasteiger partial charge in [-0.05, 0) is 42.9 Å². The highest BCUT2D eigenvalue weighted by Gasteiger charge is 2.52. The smallest absolute Gasteiger partial charge is 0.0383 e. The third-order valence-electron chi connectivity index (χ3n) is 4.20. The minimum absolute atomic E-state index is 0.706. The first kappa shape index (κ1) is 11.5. The summed E-state index contributed by atoms with van der Waals surface area (Å²) < 4.78 is 0. The molecule has 3 fully saturated rings. The zero-order valence-corrected chi connectivity index (χ0v) is 9.67. The molecule has 0 heterocycles. The molecule has 3 atom stereocenters. The Morgan fingerprint density at radius 3 is 2.07 bits per heavy atom. The summed E-state index contributed by atoms with van der Waals surface area (Å²) in [6.45, 7) is 8.32. The average molecular weight is 197 g/mol. The fourth-order valence-corrected chi connectivity index (χ4v) is 3.18. The van der Waals surface area contributed by atoms with Gasteiger partial charge in [0.1, 0.15) is 0 Å². The van der Waals surface area contributed by atoms with Gasteiger partial charge in [-0.1, -0.05) is 27.2 Å². The summed E-state index contributed by atoms with van der Waals surface area (Å²) in [5, 5.41) is 8.89. The van der Waals surface area contributed by atoms with Gasteiger partial charge in [0.15, 0.2) is 0 Å². The minimum atomic E-state index is -1.08. The number of carbonyl (C=O) groups is 1. The van der Waals surface area contributed by atoms with Crippen LogP contribution in [0.15, 0.2) is 0 Å². The van der Waals surface area contributed by atoms with Crippen molar-refractivity contribution in [3.8, 4) is 0 Å². The number of fused-ring (bicyclic) bond motifs is 2. The van der Waals surface area contributed by atoms with Crippen molar-refractivity contribution in [2.24, 2.45) is 23.2 Å². The van der Waals surface area contributed by atoms with E-state index in [0.29, 0.717) is 5.41 Å². The first-order valence-corrected chi connectivity index (χ1v) is 5.53. The Morgan fingerprint density at radius 2 is 1.86 bits per heavy atom. The lowest BCUT2D eigenvalue weighted by molar-refractivity contribution is -0.302. The van der Waals surface area contributed by atoms with Crippen molar-refractivity contribution in [1.29, 1.82) is 0 Å². The number of rotatable bonds is 0. The molecular weight excluding hydrogens is 176 g/mol. The van der Waals surface area contributed by atoms with Gasteiger partial charge in [0, 0.05) is 5.97 Å². The standard InChI is InChI=1S/C10H18.C2H4O2/c1-7-4-5-8-6-9(7)10(8,2)3;1-2(3)4/h7-9H,4-6H2,1-3H3;1H3,(H,3,4)/p-1. The van der Waals surface area contributed by atoms with Crippen LogP contribution in [0.25, 0.3) is 0 Å². The van der Waals surface area contributed by atoms with Gasteiger partial charge < -0.3 is 9.90 Å². The average Bonchev–Trinajstić information content (AvgIpc) is 2.02. The second-order valence-corrected chi connectivity index (χ2v) is 5.41. The molecule has 0 amide bonds. The Hall–Kier alpha value is -0.530. The highest BCUT2D eigenvalue weighted by atomic mass is 16.4. The molecule has 0 aromatic rings. The van der Waals surface area contributed by atoms with Gasteiger partial charge in [0.2, 0.25) is 0 Å². The van der Waals surface area contributed by atoms with Crippen LogP contribution in [0.3, 0.4) is 0 Å². The first-order valence-electron chi connectivity index (χ1n) is 5.53. The summed E-state index contributed by atoms with van der Waals surface area (Å²) in [7, 11) is 0. The van der Waals surface area contributed by atoms with Gasteiger partial charge in [0.05, 0.1) is 0 Å². The van der Waals surface area contributed by atoms with Crippen molar-refractivity contribution in [3.05, 3.63) is 0 Å². The third-order valence-corrected chi connectivity index (χ3v) is 4.20. The van der Waals surface area contributed by atoms with Crippen LogP contribution < -0.4 is 5.11 Å². The normalized spacial score (nSPS) is 37.6. The fraction of sp³-hybridized carbons (Fsp3) is 0.917. The van der Waals surface area contributed by atoms with Gasteiger partial charge in [-0.2, -0.15) is 0 Å². The molecule has 0 aromatic heterocycles. The van der Waals surface area contributed by atoms with Crippen LogP contribution in [0.1, 0.15) is 47.0 Å². The number of aliphatic carboxylic acids is 1. The third kappa shape index (κ3) is 2.10. The Balaban J connectivity index is 0.000000213. The fourth-order valence-electron chi connectivity index (χ4n) is 3.18. The molecule has 0 spiro atoms. The van der Waals surface area contributed by atoms with Gasteiger partial charge in [-0.15, -0.1) is 0 Å². The van der Waals surface area contributed by atoms with E-state index in [-0.39, 0.29) is 0 Å². The highest BCUT2D eigenvalue weighted by molar-refractivity contribution is 5.60. The van der Waals surface area contributed by atoms with Gasteiger partial charge >= 0.3 is 0 Å². The SMILES string of the molecule is CC(=O)[O-].CC1CCC2CC1C2(C)C. The zero-order chi connectivity index (χ0) is 10.9. The van der Waals surface area contributed by atoms with Crippen LogP contribution in [-0.4, -0.2) is 5.97 Å². The van der Waals surface area contributed by atoms with Crippen molar-refractivity contribution in [1.82, 2.24) is 0 Å². The van der Waals surface area contributed by atoms with E-state index in [1.165, 1.54) is 19.3 Å². The lowest BCUT2D eigenvalue weighted by atomic mass is 9.46. The lowest BCUT2D eigenvalue weighted by Gasteiger charge is -2.59. The van der Waals surface area contributed by atoms with E-state index in [2.05, 4.69) is 20.8 Å². The molecule has 0 N–H and O–H groups in total. The maximum Gasteiger partial charge on any atom is 0.0383 e. The maximum atomic E-state index is 8.89. The van der Waals surface area contributed by atoms with Gasteiger partial charge in [0.25, 0.3) is 0 Å². The minimum Gasteiger partial charge on any atom is -0.550 e. The van der Waals surface area contributed by atoms with E-state index in [9.17, 15) is 0 Å². The Morgan fingerprint density at radius 1 is 1.36 bits per heavy atom. The predicted octanol–water partition coefficient (Wildman–Crippen LogP) is 1.83. The number of hydrogen-bond donors (Lipinski definition) is 0. The van der Waals surface area contributed by atoms with Crippen LogP contribution in [0, 0.1) is 23.2 Å². The molecule has 0 aliphatic heterocycles. The molecule has 3 saturated carbocycles. The number of carboxylic acid groups (broad SMARTS) is 1. The second kappa shape index (κ2) is 3.92. The van der Waals surface area contributed by atoms with Gasteiger partial charge in [-0.25, -0.2) is 0 Å². The Bertz CT molecular complexity index is 214. The molecular formula is C12H21O2-. The van der Waals surface area contributed by atoms with Crippen molar-refractivity contribution in [2.45, 2.75) is 47.0 Å². The maximum absolute atomic E-state index is 8.89. The van der Waals surface area contributed by atoms with E-state index in [1.54, 1.807) is 0 Å². The van der Waals surface area contributed by atoms with E-state index >= 15 is 0 Å². The Kier molecular flexibility index (Phi) is 3.23. The van der Waals surface area contributed by atoms with Crippen molar-refractivity contribution < 1.29 is 9.90 Å². The molecule has 2 heteroatoms. The van der Waals surface area contributed by atoms with Crippen LogP contribution in [0.2, 0.25) is 0 Å². The van der Waals surface area contributed by atoms with Crippen LogP contribution in [0.4, 0.5) is 0 Å². The monoisotopic (exact) mass is 197 g/mol. The summed E-state index contributed by atoms with van der Waals surface area (Å²) in [5.74, 6) is 2.07. The molecule has 2 bridgehead atoms. The zero-order valence-electron chi connectivity index (χ0n) is 9.67. The number of carboxylic acids is 1. The molecule has 0 saturated heterocycles. The molecule has 3 rings (SSSR count).